The quantitative estimate of drug-likeness (QED) is 0.211. The summed E-state index contributed by atoms with van der Waals surface area (Å²) in [5.41, 5.74) is 0. The molecule has 7 nitrogen and oxygen atoms in total. The number of aliphatic hydroxyl groups excluding tert-OH is 1. The molecule has 1 rings (SSSR count). The van der Waals surface area contributed by atoms with Crippen molar-refractivity contribution >= 4 is 20.6 Å². The molecule has 1 saturated heterocycles. The van der Waals surface area contributed by atoms with Crippen molar-refractivity contribution in [2.75, 3.05) is 6.61 Å². The second-order valence-corrected chi connectivity index (χ2v) is 12.8. The number of hydrogen-bond donors (Lipinski definition) is 3. The topological polar surface area (TPSA) is 105 Å². The fourth-order valence-corrected chi connectivity index (χ4v) is 3.81. The summed E-state index contributed by atoms with van der Waals surface area (Å²) in [5.74, 6) is -0.575. The zero-order valence-electron chi connectivity index (χ0n) is 17.1. The first-order chi connectivity index (χ1) is 12.6. The first kappa shape index (κ1) is 23.8. The first-order valence-corrected chi connectivity index (χ1v) is 12.6. The lowest BCUT2D eigenvalue weighted by Gasteiger charge is -2.39. The molecule has 0 aromatic heterocycles. The van der Waals surface area contributed by atoms with E-state index in [1.165, 1.54) is 12.3 Å². The van der Waals surface area contributed by atoms with Gasteiger partial charge in [0.15, 0.2) is 8.32 Å². The largest absolute Gasteiger partial charge is 0.459 e. The van der Waals surface area contributed by atoms with Gasteiger partial charge < -0.3 is 24.7 Å². The number of nitrogens with one attached hydrogen (secondary N) is 1. The van der Waals surface area contributed by atoms with Crippen molar-refractivity contribution in [3.8, 4) is 0 Å². The smallest absolute Gasteiger partial charge is 0.306 e. The van der Waals surface area contributed by atoms with Gasteiger partial charge in [0.2, 0.25) is 0 Å². The fraction of sp³-hybridized carbons (Fsp3) is 0.789. The van der Waals surface area contributed by atoms with Crippen LogP contribution in [-0.4, -0.2) is 55.5 Å². The Bertz CT molecular complexity index is 517. The zero-order valence-corrected chi connectivity index (χ0v) is 18.1. The number of esters is 1. The Labute approximate surface area is 163 Å². The third-order valence-corrected chi connectivity index (χ3v) is 9.03. The number of unbranched alkanes of at least 4 members (excludes halogenated alkanes) is 1. The van der Waals surface area contributed by atoms with Crippen LogP contribution >= 0.6 is 0 Å². The highest BCUT2D eigenvalue weighted by atomic mass is 28.4. The molecule has 2 unspecified atom stereocenters. The van der Waals surface area contributed by atoms with E-state index in [1.54, 1.807) is 0 Å². The predicted molar refractivity (Wildman–Crippen MR) is 105 cm³/mol. The van der Waals surface area contributed by atoms with Crippen molar-refractivity contribution in [3.05, 3.63) is 12.3 Å². The lowest BCUT2D eigenvalue weighted by molar-refractivity contribution is -0.154. The van der Waals surface area contributed by atoms with E-state index < -0.39 is 26.8 Å². The predicted octanol–water partition coefficient (Wildman–Crippen LogP) is 2.09. The van der Waals surface area contributed by atoms with Crippen molar-refractivity contribution in [3.63, 3.8) is 0 Å². The molecule has 0 radical (unpaired) electrons. The second-order valence-electron chi connectivity index (χ2n) is 8.31. The number of allylic oxidation sites excluding steroid dienone is 1. The van der Waals surface area contributed by atoms with Gasteiger partial charge in [0.1, 0.15) is 24.7 Å². The average Bonchev–Trinajstić information content (AvgIpc) is 2.89. The number of rotatable bonds is 11. The molecule has 156 valence electrons. The molecular weight excluding hydrogens is 366 g/mol. The van der Waals surface area contributed by atoms with Crippen LogP contribution in [0, 0.1) is 5.92 Å². The molecule has 1 aliphatic rings. The minimum Gasteiger partial charge on any atom is -0.459 e. The van der Waals surface area contributed by atoms with E-state index in [2.05, 4.69) is 5.32 Å². The molecule has 0 saturated carbocycles. The number of carbonyl (C=O) groups is 2. The molecule has 0 amide bonds. The third-order valence-electron chi connectivity index (χ3n) is 5.52. The Morgan fingerprint density at radius 2 is 2.04 bits per heavy atom. The summed E-state index contributed by atoms with van der Waals surface area (Å²) >= 11 is 0. The summed E-state index contributed by atoms with van der Waals surface area (Å²) in [5, 5.41) is 12.4. The molecule has 1 aliphatic heterocycles. The normalized spacial score (nSPS) is 26.3. The van der Waals surface area contributed by atoms with E-state index in [0.717, 1.165) is 12.8 Å². The van der Waals surface area contributed by atoms with E-state index in [4.69, 9.17) is 9.47 Å². The molecule has 0 aliphatic carbocycles. The van der Waals surface area contributed by atoms with Crippen LogP contribution in [0.15, 0.2) is 12.3 Å². The highest BCUT2D eigenvalue weighted by Crippen LogP contribution is 2.46. The molecule has 0 spiro atoms. The van der Waals surface area contributed by atoms with Gasteiger partial charge in [-0.2, -0.15) is 0 Å². The molecule has 4 atom stereocenters. The Hall–Kier alpha value is -1.22. The molecule has 1 fully saturated rings. The summed E-state index contributed by atoms with van der Waals surface area (Å²) < 4.78 is 11.6. The Morgan fingerprint density at radius 3 is 2.56 bits per heavy atom. The Balaban J connectivity index is 3.06. The third kappa shape index (κ3) is 6.71. The van der Waals surface area contributed by atoms with Gasteiger partial charge in [0.05, 0.1) is 6.61 Å². The van der Waals surface area contributed by atoms with Crippen LogP contribution in [0.3, 0.4) is 0 Å². The van der Waals surface area contributed by atoms with Crippen molar-refractivity contribution in [1.29, 1.82) is 0 Å². The highest BCUT2D eigenvalue weighted by molar-refractivity contribution is 6.72. The van der Waals surface area contributed by atoms with Crippen molar-refractivity contribution in [2.45, 2.75) is 83.0 Å². The molecule has 1 heterocycles. The second kappa shape index (κ2) is 10.4. The number of aliphatic hydroxyl groups is 1. The summed E-state index contributed by atoms with van der Waals surface area (Å²) in [6.45, 7) is 9.48. The lowest BCUT2D eigenvalue weighted by atomic mass is 9.89. The number of ether oxygens (including phenoxy) is 2. The van der Waals surface area contributed by atoms with Gasteiger partial charge in [0, 0.05) is 18.5 Å². The van der Waals surface area contributed by atoms with Gasteiger partial charge in [-0.1, -0.05) is 27.2 Å². The van der Waals surface area contributed by atoms with Gasteiger partial charge >= 0.3 is 5.97 Å². The zero-order chi connectivity index (χ0) is 20.7. The van der Waals surface area contributed by atoms with E-state index in [0.29, 0.717) is 19.1 Å². The van der Waals surface area contributed by atoms with E-state index in [1.807, 2.05) is 33.9 Å². The van der Waals surface area contributed by atoms with Crippen LogP contribution < -0.4 is 5.32 Å². The van der Waals surface area contributed by atoms with Gasteiger partial charge in [0.25, 0.3) is 0 Å². The van der Waals surface area contributed by atoms with Gasteiger partial charge in [-0.05, 0) is 37.0 Å². The average molecular weight is 402 g/mol. The van der Waals surface area contributed by atoms with Crippen LogP contribution in [0.2, 0.25) is 18.1 Å². The first-order valence-electron chi connectivity index (χ1n) is 9.62. The summed E-state index contributed by atoms with van der Waals surface area (Å²) in [4.78, 5) is 33.4. The number of hydrogen-bond acceptors (Lipinski definition) is 7. The van der Waals surface area contributed by atoms with E-state index >= 15 is 0 Å². The van der Waals surface area contributed by atoms with Gasteiger partial charge in [-0.25, -0.2) is 0 Å². The van der Waals surface area contributed by atoms with Crippen LogP contribution in [0.4, 0.5) is 0 Å². The fourth-order valence-electron chi connectivity index (χ4n) is 3.07. The Kier molecular flexibility index (Phi) is 9.13. The number of carbonyl (C=O) groups excluding carboxylic acids is 2. The van der Waals surface area contributed by atoms with Crippen molar-refractivity contribution in [1.82, 2.24) is 5.32 Å². The summed E-state index contributed by atoms with van der Waals surface area (Å²) in [7, 11) is -2.50. The van der Waals surface area contributed by atoms with Crippen molar-refractivity contribution < 1.29 is 29.0 Å². The maximum absolute atomic E-state index is 12.2. The van der Waals surface area contributed by atoms with E-state index in [-0.39, 0.29) is 23.5 Å². The van der Waals surface area contributed by atoms with Crippen molar-refractivity contribution in [2.24, 2.45) is 5.92 Å². The maximum atomic E-state index is 12.2. The molecule has 0 aromatic rings. The number of aldehydes is 1. The molecule has 8 heteroatoms. The Morgan fingerprint density at radius 1 is 1.37 bits per heavy atom. The highest BCUT2D eigenvalue weighted by Gasteiger charge is 2.51. The van der Waals surface area contributed by atoms with Crippen LogP contribution in [0.25, 0.3) is 0 Å². The molecule has 27 heavy (non-hydrogen) atoms. The van der Waals surface area contributed by atoms with Gasteiger partial charge in [-0.15, -0.1) is 0 Å². The van der Waals surface area contributed by atoms with Gasteiger partial charge in [-0.3, -0.25) is 9.59 Å². The lowest BCUT2D eigenvalue weighted by Crippen LogP contribution is -2.45. The monoisotopic (exact) mass is 401 g/mol. The SMILES string of the molecule is CCCCC(=O)OC1C(CC(C)(C)[Si](C)(C)O)[C@H](N/C=C\C=O)O[C@@H]1CO. The molecular formula is C19H35NO6Si. The maximum Gasteiger partial charge on any atom is 0.306 e. The minimum atomic E-state index is -2.50. The van der Waals surface area contributed by atoms with Crippen LogP contribution in [0.1, 0.15) is 46.5 Å². The van der Waals surface area contributed by atoms with Crippen LogP contribution in [0.5, 0.6) is 0 Å². The molecule has 0 aromatic carbocycles. The molecule has 0 bridgehead atoms. The minimum absolute atomic E-state index is 0.266. The summed E-state index contributed by atoms with van der Waals surface area (Å²) in [6.07, 6.45) is 4.16. The molecule has 3 N–H and O–H groups in total. The standard InChI is InChI=1S/C19H35NO6Si/c1-6-7-9-16(23)26-17-14(12-19(2,3)27(4,5)24)18(20-10-8-11-21)25-15(17)13-22/h8,10-11,14-15,17-18,20,22,24H,6-7,9,12-13H2,1-5H3/b10-8-/t14?,15-,17?,18-/m1/s1. The van der Waals surface area contributed by atoms with Crippen LogP contribution in [-0.2, 0) is 19.1 Å². The summed E-state index contributed by atoms with van der Waals surface area (Å²) in [6, 6.07) is 0. The van der Waals surface area contributed by atoms with E-state index in [9.17, 15) is 19.5 Å².